The van der Waals surface area contributed by atoms with Crippen LogP contribution in [-0.2, 0) is 6.42 Å². The number of hydrogen-bond donors (Lipinski definition) is 1. The van der Waals surface area contributed by atoms with E-state index in [2.05, 4.69) is 19.9 Å². The van der Waals surface area contributed by atoms with Crippen LogP contribution < -0.4 is 0 Å². The molecular weight excluding hydrogens is 196 g/mol. The van der Waals surface area contributed by atoms with Gasteiger partial charge in [0.15, 0.2) is 0 Å². The summed E-state index contributed by atoms with van der Waals surface area (Å²) in [7, 11) is 0. The number of halogens is 1. The molecule has 0 radical (unpaired) electrons. The summed E-state index contributed by atoms with van der Waals surface area (Å²) in [6.45, 7) is 4.56. The van der Waals surface area contributed by atoms with Crippen molar-refractivity contribution in [3.05, 3.63) is 34.9 Å². The molecule has 0 aromatic heterocycles. The number of aliphatic hydroxyl groups excluding tert-OH is 1. The lowest BCUT2D eigenvalue weighted by molar-refractivity contribution is 0.211. The van der Waals surface area contributed by atoms with E-state index in [1.165, 1.54) is 5.56 Å². The average molecular weight is 213 g/mol. The Morgan fingerprint density at radius 3 is 2.64 bits per heavy atom. The van der Waals surface area contributed by atoms with Gasteiger partial charge < -0.3 is 5.11 Å². The molecule has 0 amide bonds. The predicted octanol–water partition coefficient (Wildman–Crippen LogP) is 3.29. The zero-order valence-electron chi connectivity index (χ0n) is 8.76. The maximum Gasteiger partial charge on any atom is 0.0436 e. The lowest BCUT2D eigenvalue weighted by Gasteiger charge is -2.23. The molecule has 0 heterocycles. The minimum absolute atomic E-state index is 0.138. The number of aliphatic hydroxyl groups is 1. The standard InChI is InChI=1S/C12H17ClO/c1-12(2,6-7-14)9-10-4-3-5-11(13)8-10/h3-5,8,14H,6-7,9H2,1-2H3. The number of hydrogen-bond acceptors (Lipinski definition) is 1. The average Bonchev–Trinajstić information content (AvgIpc) is 2.02. The molecule has 1 nitrogen and oxygen atoms in total. The van der Waals surface area contributed by atoms with E-state index in [-0.39, 0.29) is 12.0 Å². The van der Waals surface area contributed by atoms with E-state index in [0.29, 0.717) is 0 Å². The molecule has 0 bridgehead atoms. The summed E-state index contributed by atoms with van der Waals surface area (Å²) in [6.07, 6.45) is 1.77. The minimum atomic E-state index is 0.138. The van der Waals surface area contributed by atoms with Crippen LogP contribution in [0.3, 0.4) is 0 Å². The van der Waals surface area contributed by atoms with Crippen molar-refractivity contribution in [1.82, 2.24) is 0 Å². The first-order chi connectivity index (χ1) is 6.53. The lowest BCUT2D eigenvalue weighted by Crippen LogP contribution is -2.16. The third-order valence-corrected chi connectivity index (χ3v) is 2.60. The molecule has 1 aromatic carbocycles. The summed E-state index contributed by atoms with van der Waals surface area (Å²) >= 11 is 5.90. The van der Waals surface area contributed by atoms with Crippen LogP contribution in [0.5, 0.6) is 0 Å². The van der Waals surface area contributed by atoms with Gasteiger partial charge in [-0.2, -0.15) is 0 Å². The minimum Gasteiger partial charge on any atom is -0.396 e. The molecule has 0 atom stereocenters. The van der Waals surface area contributed by atoms with Crippen molar-refractivity contribution in [3.8, 4) is 0 Å². The quantitative estimate of drug-likeness (QED) is 0.812. The second-order valence-corrected chi connectivity index (χ2v) is 4.88. The Balaban J connectivity index is 2.68. The molecule has 0 fully saturated rings. The highest BCUT2D eigenvalue weighted by atomic mass is 35.5. The highest BCUT2D eigenvalue weighted by molar-refractivity contribution is 6.30. The summed E-state index contributed by atoms with van der Waals surface area (Å²) in [5, 5.41) is 9.69. The summed E-state index contributed by atoms with van der Waals surface area (Å²) in [4.78, 5) is 0. The summed E-state index contributed by atoms with van der Waals surface area (Å²) in [5.41, 5.74) is 1.37. The summed E-state index contributed by atoms with van der Waals surface area (Å²) in [5.74, 6) is 0. The predicted molar refractivity (Wildman–Crippen MR) is 60.6 cm³/mol. The van der Waals surface area contributed by atoms with Gasteiger partial charge >= 0.3 is 0 Å². The molecule has 0 aliphatic rings. The Labute approximate surface area is 90.7 Å². The van der Waals surface area contributed by atoms with E-state index >= 15 is 0 Å². The zero-order valence-corrected chi connectivity index (χ0v) is 9.51. The number of benzene rings is 1. The fourth-order valence-electron chi connectivity index (χ4n) is 1.59. The molecule has 0 spiro atoms. The molecule has 2 heteroatoms. The van der Waals surface area contributed by atoms with Crippen LogP contribution in [0.15, 0.2) is 24.3 Å². The Bertz CT molecular complexity index is 294. The van der Waals surface area contributed by atoms with Gasteiger partial charge in [-0.05, 0) is 36.0 Å². The first-order valence-corrected chi connectivity index (χ1v) is 5.27. The van der Waals surface area contributed by atoms with E-state index in [1.807, 2.05) is 18.2 Å². The third kappa shape index (κ3) is 3.69. The van der Waals surface area contributed by atoms with Crippen LogP contribution in [0.1, 0.15) is 25.8 Å². The van der Waals surface area contributed by atoms with Crippen LogP contribution >= 0.6 is 11.6 Å². The maximum atomic E-state index is 8.91. The topological polar surface area (TPSA) is 20.2 Å². The highest BCUT2D eigenvalue weighted by Crippen LogP contribution is 2.26. The van der Waals surface area contributed by atoms with Gasteiger partial charge in [0.2, 0.25) is 0 Å². The van der Waals surface area contributed by atoms with Crippen LogP contribution in [0, 0.1) is 5.41 Å². The van der Waals surface area contributed by atoms with Gasteiger partial charge in [-0.3, -0.25) is 0 Å². The van der Waals surface area contributed by atoms with Gasteiger partial charge in [-0.15, -0.1) is 0 Å². The van der Waals surface area contributed by atoms with E-state index in [0.717, 1.165) is 17.9 Å². The lowest BCUT2D eigenvalue weighted by atomic mass is 9.83. The summed E-state index contributed by atoms with van der Waals surface area (Å²) in [6, 6.07) is 7.91. The molecule has 1 rings (SSSR count). The second-order valence-electron chi connectivity index (χ2n) is 4.44. The van der Waals surface area contributed by atoms with Crippen molar-refractivity contribution >= 4 is 11.6 Å². The van der Waals surface area contributed by atoms with Gasteiger partial charge in [0.25, 0.3) is 0 Å². The van der Waals surface area contributed by atoms with Gasteiger partial charge in [0.05, 0.1) is 0 Å². The Morgan fingerprint density at radius 2 is 2.07 bits per heavy atom. The van der Waals surface area contributed by atoms with Crippen LogP contribution in [0.4, 0.5) is 0 Å². The van der Waals surface area contributed by atoms with Crippen molar-refractivity contribution in [1.29, 1.82) is 0 Å². The second kappa shape index (κ2) is 4.81. The molecule has 0 unspecified atom stereocenters. The molecule has 0 aliphatic heterocycles. The molecule has 1 N–H and O–H groups in total. The Hall–Kier alpha value is -0.530. The SMILES string of the molecule is CC(C)(CCO)Cc1cccc(Cl)c1. The number of rotatable bonds is 4. The third-order valence-electron chi connectivity index (χ3n) is 2.36. The van der Waals surface area contributed by atoms with Gasteiger partial charge in [0, 0.05) is 11.6 Å². The Kier molecular flexibility index (Phi) is 3.97. The van der Waals surface area contributed by atoms with Crippen molar-refractivity contribution in [2.24, 2.45) is 5.41 Å². The zero-order chi connectivity index (χ0) is 10.6. The van der Waals surface area contributed by atoms with Crippen LogP contribution in [-0.4, -0.2) is 11.7 Å². The van der Waals surface area contributed by atoms with E-state index in [1.54, 1.807) is 0 Å². The van der Waals surface area contributed by atoms with Crippen LogP contribution in [0.25, 0.3) is 0 Å². The molecule has 1 aromatic rings. The largest absolute Gasteiger partial charge is 0.396 e. The summed E-state index contributed by atoms with van der Waals surface area (Å²) < 4.78 is 0. The van der Waals surface area contributed by atoms with Gasteiger partial charge in [0.1, 0.15) is 0 Å². The molecular formula is C12H17ClO. The van der Waals surface area contributed by atoms with Crippen molar-refractivity contribution < 1.29 is 5.11 Å². The van der Waals surface area contributed by atoms with E-state index in [9.17, 15) is 0 Å². The van der Waals surface area contributed by atoms with Crippen molar-refractivity contribution in [2.45, 2.75) is 26.7 Å². The first kappa shape index (κ1) is 11.5. The fourth-order valence-corrected chi connectivity index (χ4v) is 1.80. The van der Waals surface area contributed by atoms with Crippen molar-refractivity contribution in [2.75, 3.05) is 6.61 Å². The van der Waals surface area contributed by atoms with E-state index in [4.69, 9.17) is 16.7 Å². The van der Waals surface area contributed by atoms with Gasteiger partial charge in [-0.1, -0.05) is 37.6 Å². The normalized spacial score (nSPS) is 11.7. The fraction of sp³-hybridized carbons (Fsp3) is 0.500. The molecule has 0 saturated heterocycles. The first-order valence-electron chi connectivity index (χ1n) is 4.89. The highest BCUT2D eigenvalue weighted by Gasteiger charge is 2.17. The smallest absolute Gasteiger partial charge is 0.0436 e. The van der Waals surface area contributed by atoms with Crippen molar-refractivity contribution in [3.63, 3.8) is 0 Å². The molecule has 0 aliphatic carbocycles. The molecule has 78 valence electrons. The monoisotopic (exact) mass is 212 g/mol. The molecule has 14 heavy (non-hydrogen) atoms. The maximum absolute atomic E-state index is 8.91. The Morgan fingerprint density at radius 1 is 1.36 bits per heavy atom. The van der Waals surface area contributed by atoms with Gasteiger partial charge in [-0.25, -0.2) is 0 Å². The van der Waals surface area contributed by atoms with Crippen LogP contribution in [0.2, 0.25) is 5.02 Å². The van der Waals surface area contributed by atoms with E-state index < -0.39 is 0 Å². The molecule has 0 saturated carbocycles.